The lowest BCUT2D eigenvalue weighted by Crippen LogP contribution is -2.28. The molecule has 0 radical (unpaired) electrons. The van der Waals surface area contributed by atoms with Crippen molar-refractivity contribution in [1.82, 2.24) is 5.32 Å². The van der Waals surface area contributed by atoms with Crippen molar-refractivity contribution >= 4 is 0 Å². The number of fused-ring (bicyclic) bond motifs is 1. The van der Waals surface area contributed by atoms with E-state index in [0.29, 0.717) is 6.04 Å². The molecule has 2 aliphatic carbocycles. The van der Waals surface area contributed by atoms with Crippen molar-refractivity contribution in [2.24, 2.45) is 5.92 Å². The predicted octanol–water partition coefficient (Wildman–Crippen LogP) is 2.70. The third kappa shape index (κ3) is 2.77. The molecule has 0 bridgehead atoms. The maximum Gasteiger partial charge on any atom is 0.119 e. The van der Waals surface area contributed by atoms with Gasteiger partial charge in [0, 0.05) is 13.0 Å². The quantitative estimate of drug-likeness (QED) is 0.854. The lowest BCUT2D eigenvalue weighted by molar-refractivity contribution is 0.0330. The van der Waals surface area contributed by atoms with Gasteiger partial charge in [0.1, 0.15) is 5.75 Å². The van der Waals surface area contributed by atoms with Crippen molar-refractivity contribution in [1.29, 1.82) is 0 Å². The molecule has 104 valence electrons. The van der Waals surface area contributed by atoms with Crippen LogP contribution in [0.2, 0.25) is 0 Å². The molecule has 0 spiro atoms. The Labute approximate surface area is 115 Å². The molecule has 2 atom stereocenters. The Morgan fingerprint density at radius 3 is 2.84 bits per heavy atom. The number of rotatable bonds is 6. The van der Waals surface area contributed by atoms with Crippen LogP contribution in [0.5, 0.6) is 5.75 Å². The molecule has 1 saturated carbocycles. The molecule has 3 heteroatoms. The minimum atomic E-state index is 0.269. The highest BCUT2D eigenvalue weighted by molar-refractivity contribution is 5.42. The van der Waals surface area contributed by atoms with E-state index in [4.69, 9.17) is 9.47 Å². The van der Waals surface area contributed by atoms with Crippen LogP contribution in [-0.2, 0) is 11.2 Å². The number of benzene rings is 1. The monoisotopic (exact) mass is 261 g/mol. The average Bonchev–Trinajstić information content (AvgIpc) is 3.18. The highest BCUT2D eigenvalue weighted by atomic mass is 16.5. The van der Waals surface area contributed by atoms with Gasteiger partial charge < -0.3 is 14.8 Å². The second-order valence-electron chi connectivity index (χ2n) is 5.68. The van der Waals surface area contributed by atoms with E-state index < -0.39 is 0 Å². The number of ether oxygens (including phenoxy) is 2. The molecule has 1 N–H and O–H groups in total. The van der Waals surface area contributed by atoms with Crippen molar-refractivity contribution in [3.05, 3.63) is 29.3 Å². The molecule has 3 rings (SSSR count). The van der Waals surface area contributed by atoms with Crippen molar-refractivity contribution in [3.63, 3.8) is 0 Å². The van der Waals surface area contributed by atoms with Gasteiger partial charge in [-0.05, 0) is 42.6 Å². The zero-order valence-electron chi connectivity index (χ0n) is 11.8. The Morgan fingerprint density at radius 2 is 2.16 bits per heavy atom. The minimum absolute atomic E-state index is 0.269. The summed E-state index contributed by atoms with van der Waals surface area (Å²) in [5.41, 5.74) is 2.72. The zero-order chi connectivity index (χ0) is 13.2. The minimum Gasteiger partial charge on any atom is -0.497 e. The number of hydrogen-bond acceptors (Lipinski definition) is 3. The summed E-state index contributed by atoms with van der Waals surface area (Å²) in [7, 11) is 3.73. The van der Waals surface area contributed by atoms with E-state index >= 15 is 0 Å². The first-order valence-corrected chi connectivity index (χ1v) is 7.27. The molecule has 2 unspecified atom stereocenters. The van der Waals surface area contributed by atoms with E-state index in [-0.39, 0.29) is 6.10 Å². The van der Waals surface area contributed by atoms with Crippen LogP contribution < -0.4 is 10.1 Å². The standard InChI is InChI=1S/C16H23NO2/c1-17-16-14-10-13(18-2)6-5-12(14)9-15(16)19-8-7-11-3-4-11/h5-6,10-11,15-17H,3-4,7-9H2,1-2H3. The van der Waals surface area contributed by atoms with E-state index in [1.807, 2.05) is 13.1 Å². The van der Waals surface area contributed by atoms with Gasteiger partial charge in [-0.1, -0.05) is 18.9 Å². The van der Waals surface area contributed by atoms with Crippen molar-refractivity contribution in [2.75, 3.05) is 20.8 Å². The molecule has 1 fully saturated rings. The molecule has 1 aromatic rings. The van der Waals surface area contributed by atoms with Gasteiger partial charge in [0.2, 0.25) is 0 Å². The molecule has 0 aromatic heterocycles. The molecular formula is C16H23NO2. The van der Waals surface area contributed by atoms with Crippen LogP contribution in [0.4, 0.5) is 0 Å². The van der Waals surface area contributed by atoms with Crippen LogP contribution >= 0.6 is 0 Å². The van der Waals surface area contributed by atoms with Crippen LogP contribution in [0.1, 0.15) is 36.4 Å². The lowest BCUT2D eigenvalue weighted by Gasteiger charge is -2.20. The molecular weight excluding hydrogens is 238 g/mol. The van der Waals surface area contributed by atoms with Gasteiger partial charge in [0.15, 0.2) is 0 Å². The summed E-state index contributed by atoms with van der Waals surface area (Å²) >= 11 is 0. The Kier molecular flexibility index (Phi) is 3.76. The number of nitrogens with one attached hydrogen (secondary N) is 1. The van der Waals surface area contributed by atoms with Gasteiger partial charge in [-0.25, -0.2) is 0 Å². The van der Waals surface area contributed by atoms with Crippen LogP contribution in [-0.4, -0.2) is 26.9 Å². The van der Waals surface area contributed by atoms with Gasteiger partial charge in [-0.2, -0.15) is 0 Å². The van der Waals surface area contributed by atoms with Crippen LogP contribution in [0.3, 0.4) is 0 Å². The highest BCUT2D eigenvalue weighted by Gasteiger charge is 2.33. The molecule has 1 aromatic carbocycles. The maximum absolute atomic E-state index is 6.11. The maximum atomic E-state index is 6.11. The second-order valence-corrected chi connectivity index (χ2v) is 5.68. The summed E-state index contributed by atoms with van der Waals surface area (Å²) in [6, 6.07) is 6.64. The van der Waals surface area contributed by atoms with Crippen molar-refractivity contribution < 1.29 is 9.47 Å². The summed E-state index contributed by atoms with van der Waals surface area (Å²) in [6.07, 6.45) is 5.31. The first-order valence-electron chi connectivity index (χ1n) is 7.27. The Balaban J connectivity index is 1.66. The summed E-state index contributed by atoms with van der Waals surface area (Å²) in [5.74, 6) is 1.87. The van der Waals surface area contributed by atoms with Crippen LogP contribution in [0.15, 0.2) is 18.2 Å². The number of hydrogen-bond donors (Lipinski definition) is 1. The molecule has 0 amide bonds. The van der Waals surface area contributed by atoms with E-state index in [9.17, 15) is 0 Å². The van der Waals surface area contributed by atoms with E-state index in [1.165, 1.54) is 30.4 Å². The van der Waals surface area contributed by atoms with Gasteiger partial charge >= 0.3 is 0 Å². The molecule has 19 heavy (non-hydrogen) atoms. The topological polar surface area (TPSA) is 30.5 Å². The Bertz CT molecular complexity index is 442. The fraction of sp³-hybridized carbons (Fsp3) is 0.625. The van der Waals surface area contributed by atoms with E-state index in [2.05, 4.69) is 17.4 Å². The largest absolute Gasteiger partial charge is 0.497 e. The molecule has 0 saturated heterocycles. The van der Waals surface area contributed by atoms with Gasteiger partial charge in [0.25, 0.3) is 0 Å². The van der Waals surface area contributed by atoms with Gasteiger partial charge in [0.05, 0.1) is 19.3 Å². The third-order valence-corrected chi connectivity index (χ3v) is 4.35. The summed E-state index contributed by atoms with van der Waals surface area (Å²) in [5, 5.41) is 3.39. The molecule has 0 heterocycles. The van der Waals surface area contributed by atoms with Crippen molar-refractivity contribution in [3.8, 4) is 5.75 Å². The SMILES string of the molecule is CNC1c2cc(OC)ccc2CC1OCCC1CC1. The number of likely N-dealkylation sites (N-methyl/N-ethyl adjacent to an activating group) is 1. The molecule has 0 aliphatic heterocycles. The fourth-order valence-electron chi connectivity index (χ4n) is 3.00. The molecule has 3 nitrogen and oxygen atoms in total. The van der Waals surface area contributed by atoms with Crippen molar-refractivity contribution in [2.45, 2.75) is 37.8 Å². The highest BCUT2D eigenvalue weighted by Crippen LogP contribution is 2.37. The first-order chi connectivity index (χ1) is 9.31. The Morgan fingerprint density at radius 1 is 1.32 bits per heavy atom. The van der Waals surface area contributed by atoms with E-state index in [1.54, 1.807) is 7.11 Å². The normalized spacial score (nSPS) is 25.4. The summed E-state index contributed by atoms with van der Waals surface area (Å²) < 4.78 is 11.4. The van der Waals surface area contributed by atoms with Gasteiger partial charge in [-0.3, -0.25) is 0 Å². The first kappa shape index (κ1) is 12.9. The van der Waals surface area contributed by atoms with Crippen LogP contribution in [0.25, 0.3) is 0 Å². The fourth-order valence-corrected chi connectivity index (χ4v) is 3.00. The summed E-state index contributed by atoms with van der Waals surface area (Å²) in [6.45, 7) is 0.901. The molecule has 2 aliphatic rings. The number of methoxy groups -OCH3 is 1. The smallest absolute Gasteiger partial charge is 0.119 e. The second kappa shape index (κ2) is 5.51. The zero-order valence-corrected chi connectivity index (χ0v) is 11.8. The van der Waals surface area contributed by atoms with Gasteiger partial charge in [-0.15, -0.1) is 0 Å². The predicted molar refractivity (Wildman–Crippen MR) is 75.6 cm³/mol. The summed E-state index contributed by atoms with van der Waals surface area (Å²) in [4.78, 5) is 0. The lowest BCUT2D eigenvalue weighted by atomic mass is 10.1. The average molecular weight is 261 g/mol. The third-order valence-electron chi connectivity index (χ3n) is 4.35. The van der Waals surface area contributed by atoms with E-state index in [0.717, 1.165) is 24.7 Å². The Hall–Kier alpha value is -1.06. The van der Waals surface area contributed by atoms with Crippen LogP contribution in [0, 0.1) is 5.92 Å².